The van der Waals surface area contributed by atoms with Crippen molar-refractivity contribution in [2.75, 3.05) is 17.2 Å². The van der Waals surface area contributed by atoms with Gasteiger partial charge in [-0.3, -0.25) is 0 Å². The van der Waals surface area contributed by atoms with Gasteiger partial charge in [0.25, 0.3) is 0 Å². The first-order chi connectivity index (χ1) is 7.33. The van der Waals surface area contributed by atoms with Gasteiger partial charge in [-0.25, -0.2) is 0 Å². The minimum Gasteiger partial charge on any atom is -0.383 e. The summed E-state index contributed by atoms with van der Waals surface area (Å²) in [6, 6.07) is 7.32. The average molecular weight is 202 g/mol. The smallest absolute Gasteiger partial charge is 0.0578 e. The van der Waals surface area contributed by atoms with Gasteiger partial charge in [0.1, 0.15) is 0 Å². The highest BCUT2D eigenvalue weighted by Gasteiger charge is 2.32. The largest absolute Gasteiger partial charge is 0.383 e. The number of hydrogen-bond donors (Lipinski definition) is 2. The summed E-state index contributed by atoms with van der Waals surface area (Å²) < 4.78 is 0. The Kier molecular flexibility index (Phi) is 2.08. The summed E-state index contributed by atoms with van der Waals surface area (Å²) in [6.45, 7) is 3.25. The van der Waals surface area contributed by atoms with Gasteiger partial charge in [0.2, 0.25) is 0 Å². The molecule has 0 radical (unpaired) electrons. The molecule has 1 atom stereocenters. The minimum atomic E-state index is 0.696. The van der Waals surface area contributed by atoms with Crippen LogP contribution in [0.2, 0.25) is 0 Å². The van der Waals surface area contributed by atoms with Crippen LogP contribution >= 0.6 is 0 Å². The second kappa shape index (κ2) is 3.44. The highest BCUT2D eigenvalue weighted by Crippen LogP contribution is 2.38. The molecule has 15 heavy (non-hydrogen) atoms. The Labute approximate surface area is 91.1 Å². The van der Waals surface area contributed by atoms with Crippen molar-refractivity contribution in [3.8, 4) is 0 Å². The van der Waals surface area contributed by atoms with Gasteiger partial charge >= 0.3 is 0 Å². The molecule has 0 aromatic heterocycles. The monoisotopic (exact) mass is 202 g/mol. The standard InChI is InChI=1S/C13H18N2/c1-9-2-5-12-13(8-9)14-7-6-11(15-12)10-3-4-10/h2,5,8,10-11,14-15H,3-4,6-7H2,1H3. The number of anilines is 2. The van der Waals surface area contributed by atoms with E-state index in [0.29, 0.717) is 6.04 Å². The molecule has 1 saturated carbocycles. The van der Waals surface area contributed by atoms with Crippen molar-refractivity contribution >= 4 is 11.4 Å². The van der Waals surface area contributed by atoms with E-state index in [2.05, 4.69) is 35.8 Å². The van der Waals surface area contributed by atoms with Crippen LogP contribution in [0.15, 0.2) is 18.2 Å². The van der Waals surface area contributed by atoms with Crippen LogP contribution in [0.3, 0.4) is 0 Å². The molecule has 0 amide bonds. The lowest BCUT2D eigenvalue weighted by Crippen LogP contribution is -2.21. The molecule has 2 nitrogen and oxygen atoms in total. The quantitative estimate of drug-likeness (QED) is 0.731. The van der Waals surface area contributed by atoms with E-state index in [1.165, 1.54) is 36.2 Å². The Balaban J connectivity index is 1.88. The van der Waals surface area contributed by atoms with Crippen LogP contribution in [-0.4, -0.2) is 12.6 Å². The zero-order valence-electron chi connectivity index (χ0n) is 9.22. The minimum absolute atomic E-state index is 0.696. The molecule has 1 fully saturated rings. The third kappa shape index (κ3) is 1.81. The van der Waals surface area contributed by atoms with E-state index >= 15 is 0 Å². The predicted molar refractivity (Wildman–Crippen MR) is 64.4 cm³/mol. The van der Waals surface area contributed by atoms with Crippen molar-refractivity contribution in [2.24, 2.45) is 5.92 Å². The van der Waals surface area contributed by atoms with Gasteiger partial charge in [0, 0.05) is 12.6 Å². The van der Waals surface area contributed by atoms with Crippen LogP contribution in [0.4, 0.5) is 11.4 Å². The fraction of sp³-hybridized carbons (Fsp3) is 0.538. The Morgan fingerprint density at radius 2 is 2.00 bits per heavy atom. The van der Waals surface area contributed by atoms with Gasteiger partial charge in [0.05, 0.1) is 11.4 Å². The number of hydrogen-bond acceptors (Lipinski definition) is 2. The first kappa shape index (κ1) is 9.08. The summed E-state index contributed by atoms with van der Waals surface area (Å²) >= 11 is 0. The molecular weight excluding hydrogens is 184 g/mol. The van der Waals surface area contributed by atoms with Crippen molar-refractivity contribution in [1.82, 2.24) is 0 Å². The summed E-state index contributed by atoms with van der Waals surface area (Å²) in [5.74, 6) is 0.930. The van der Waals surface area contributed by atoms with Crippen molar-refractivity contribution in [2.45, 2.75) is 32.2 Å². The van der Waals surface area contributed by atoms with Gasteiger partial charge in [0.15, 0.2) is 0 Å². The van der Waals surface area contributed by atoms with Crippen LogP contribution in [0.25, 0.3) is 0 Å². The first-order valence-electron chi connectivity index (χ1n) is 5.94. The lowest BCUT2D eigenvalue weighted by atomic mass is 10.1. The lowest BCUT2D eigenvalue weighted by Gasteiger charge is -2.16. The number of fused-ring (bicyclic) bond motifs is 1. The summed E-state index contributed by atoms with van der Waals surface area (Å²) in [5, 5.41) is 7.20. The van der Waals surface area contributed by atoms with Gasteiger partial charge in [-0.1, -0.05) is 6.07 Å². The normalized spacial score (nSPS) is 24.7. The summed E-state index contributed by atoms with van der Waals surface area (Å²) in [5.41, 5.74) is 3.89. The Bertz CT molecular complexity index is 369. The maximum atomic E-state index is 3.69. The van der Waals surface area contributed by atoms with Crippen LogP contribution in [0.5, 0.6) is 0 Å². The van der Waals surface area contributed by atoms with Gasteiger partial charge in [-0.2, -0.15) is 0 Å². The van der Waals surface area contributed by atoms with E-state index in [9.17, 15) is 0 Å². The van der Waals surface area contributed by atoms with Crippen molar-refractivity contribution < 1.29 is 0 Å². The molecule has 0 bridgehead atoms. The van der Waals surface area contributed by atoms with Crippen LogP contribution in [-0.2, 0) is 0 Å². The molecule has 1 aromatic carbocycles. The molecule has 80 valence electrons. The maximum Gasteiger partial charge on any atom is 0.0578 e. The second-order valence-electron chi connectivity index (χ2n) is 4.85. The second-order valence-corrected chi connectivity index (χ2v) is 4.85. The molecule has 0 saturated heterocycles. The molecule has 3 rings (SSSR count). The molecular formula is C13H18N2. The maximum absolute atomic E-state index is 3.69. The Hall–Kier alpha value is -1.18. The molecule has 1 aliphatic heterocycles. The van der Waals surface area contributed by atoms with E-state index < -0.39 is 0 Å². The number of nitrogens with one attached hydrogen (secondary N) is 2. The van der Waals surface area contributed by atoms with Gasteiger partial charge in [-0.15, -0.1) is 0 Å². The van der Waals surface area contributed by atoms with Gasteiger partial charge in [-0.05, 0) is 49.8 Å². The van der Waals surface area contributed by atoms with Crippen LogP contribution in [0.1, 0.15) is 24.8 Å². The third-order valence-electron chi connectivity index (χ3n) is 3.48. The molecule has 0 spiro atoms. The van der Waals surface area contributed by atoms with Crippen molar-refractivity contribution in [3.63, 3.8) is 0 Å². The van der Waals surface area contributed by atoms with E-state index in [4.69, 9.17) is 0 Å². The van der Waals surface area contributed by atoms with Crippen LogP contribution < -0.4 is 10.6 Å². The number of rotatable bonds is 1. The van der Waals surface area contributed by atoms with Crippen molar-refractivity contribution in [3.05, 3.63) is 23.8 Å². The summed E-state index contributed by atoms with van der Waals surface area (Å²) in [4.78, 5) is 0. The van der Waals surface area contributed by atoms with E-state index in [1.54, 1.807) is 0 Å². The molecule has 2 heteroatoms. The molecule has 1 aliphatic carbocycles. The molecule has 1 aromatic rings. The fourth-order valence-electron chi connectivity index (χ4n) is 2.42. The Morgan fingerprint density at radius 3 is 2.80 bits per heavy atom. The van der Waals surface area contributed by atoms with Gasteiger partial charge < -0.3 is 10.6 Å². The number of benzene rings is 1. The van der Waals surface area contributed by atoms with E-state index in [1.807, 2.05) is 0 Å². The average Bonchev–Trinajstić information content (AvgIpc) is 3.02. The first-order valence-corrected chi connectivity index (χ1v) is 5.94. The highest BCUT2D eigenvalue weighted by atomic mass is 15.0. The molecule has 2 N–H and O–H groups in total. The highest BCUT2D eigenvalue weighted by molar-refractivity contribution is 5.70. The molecule has 1 unspecified atom stereocenters. The molecule has 1 heterocycles. The summed E-state index contributed by atoms with van der Waals surface area (Å²) in [7, 11) is 0. The lowest BCUT2D eigenvalue weighted by molar-refractivity contribution is 0.609. The zero-order valence-corrected chi connectivity index (χ0v) is 9.22. The van der Waals surface area contributed by atoms with E-state index in [0.717, 1.165) is 12.5 Å². The van der Waals surface area contributed by atoms with Crippen molar-refractivity contribution in [1.29, 1.82) is 0 Å². The topological polar surface area (TPSA) is 24.1 Å². The SMILES string of the molecule is Cc1ccc2c(c1)NCCC(C1CC1)N2. The number of aryl methyl sites for hydroxylation is 1. The zero-order chi connectivity index (χ0) is 10.3. The summed E-state index contributed by atoms with van der Waals surface area (Å²) in [6.07, 6.45) is 4.08. The van der Waals surface area contributed by atoms with Crippen LogP contribution in [0, 0.1) is 12.8 Å². The molecule has 2 aliphatic rings. The van der Waals surface area contributed by atoms with E-state index in [-0.39, 0.29) is 0 Å². The predicted octanol–water partition coefficient (Wildman–Crippen LogP) is 3.00. The fourth-order valence-corrected chi connectivity index (χ4v) is 2.42. The Morgan fingerprint density at radius 1 is 1.13 bits per heavy atom. The third-order valence-corrected chi connectivity index (χ3v) is 3.48.